The Hall–Kier alpha value is -3.19. The van der Waals surface area contributed by atoms with E-state index in [1.54, 1.807) is 6.92 Å². The van der Waals surface area contributed by atoms with Crippen LogP contribution in [-0.2, 0) is 12.6 Å². The fraction of sp³-hybridized carbons (Fsp3) is 0.545. The summed E-state index contributed by atoms with van der Waals surface area (Å²) >= 11 is 0. The van der Waals surface area contributed by atoms with Crippen molar-refractivity contribution in [3.8, 4) is 5.75 Å². The number of anilines is 1. The molecule has 194 valence electrons. The van der Waals surface area contributed by atoms with Gasteiger partial charge in [-0.25, -0.2) is 23.9 Å². The number of hydrogen-bond acceptors (Lipinski definition) is 6. The summed E-state index contributed by atoms with van der Waals surface area (Å²) in [5, 5.41) is 4.01. The second-order valence-corrected chi connectivity index (χ2v) is 9.21. The second-order valence-electron chi connectivity index (χ2n) is 9.21. The van der Waals surface area contributed by atoms with E-state index in [9.17, 15) is 30.7 Å². The van der Waals surface area contributed by atoms with Crippen LogP contribution in [0.4, 0.5) is 36.6 Å². The molecule has 1 aliphatic carbocycles. The van der Waals surface area contributed by atoms with Crippen LogP contribution in [0.3, 0.4) is 0 Å². The maximum atomic E-state index is 14.3. The largest absolute Gasteiger partial charge is 0.480 e. The van der Waals surface area contributed by atoms with Crippen molar-refractivity contribution in [1.29, 1.82) is 0 Å². The molecule has 4 heterocycles. The highest BCUT2D eigenvalue weighted by Gasteiger charge is 2.44. The fourth-order valence-electron chi connectivity index (χ4n) is 5.27. The highest BCUT2D eigenvalue weighted by molar-refractivity contribution is 5.54. The first kappa shape index (κ1) is 24.5. The Morgan fingerprint density at radius 2 is 1.72 bits per heavy atom. The molecule has 3 aromatic rings. The van der Waals surface area contributed by atoms with Crippen molar-refractivity contribution in [2.24, 2.45) is 17.8 Å². The normalized spacial score (nSPS) is 22.4. The molecule has 2 aliphatic rings. The molecule has 1 saturated carbocycles. The summed E-state index contributed by atoms with van der Waals surface area (Å²) in [6.45, 7) is 1.02. The average Bonchev–Trinajstić information content (AvgIpc) is 3.29. The molecular weight excluding hydrogens is 497 g/mol. The highest BCUT2D eigenvalue weighted by atomic mass is 19.4. The molecule has 2 fully saturated rings. The van der Waals surface area contributed by atoms with Gasteiger partial charge < -0.3 is 9.64 Å². The van der Waals surface area contributed by atoms with Gasteiger partial charge in [-0.05, 0) is 49.7 Å². The van der Waals surface area contributed by atoms with Crippen LogP contribution in [0.5, 0.6) is 5.75 Å². The van der Waals surface area contributed by atoms with E-state index in [0.717, 1.165) is 25.1 Å². The van der Waals surface area contributed by atoms with Crippen LogP contribution in [0.1, 0.15) is 30.2 Å². The number of aryl methyl sites for hydroxylation is 1. The summed E-state index contributed by atoms with van der Waals surface area (Å²) in [5.74, 6) is 0.0319. The predicted molar refractivity (Wildman–Crippen MR) is 112 cm³/mol. The van der Waals surface area contributed by atoms with Crippen LogP contribution in [0, 0.1) is 30.5 Å². The van der Waals surface area contributed by atoms with Crippen LogP contribution >= 0.6 is 0 Å². The van der Waals surface area contributed by atoms with Crippen molar-refractivity contribution < 1.29 is 35.5 Å². The zero-order valence-electron chi connectivity index (χ0n) is 18.9. The van der Waals surface area contributed by atoms with E-state index >= 15 is 0 Å². The summed E-state index contributed by atoms with van der Waals surface area (Å²) in [7, 11) is 0. The lowest BCUT2D eigenvalue weighted by Gasteiger charge is -2.38. The number of ether oxygens (including phenoxy) is 1. The number of hydrogen-bond donors (Lipinski definition) is 0. The molecule has 0 radical (unpaired) electrons. The smallest absolute Gasteiger partial charge is 0.433 e. The lowest BCUT2D eigenvalue weighted by Crippen LogP contribution is -2.43. The van der Waals surface area contributed by atoms with Crippen LogP contribution in [-0.4, -0.2) is 50.4 Å². The number of fused-ring (bicyclic) bond motifs is 3. The third-order valence-electron chi connectivity index (χ3n) is 6.77. The summed E-state index contributed by atoms with van der Waals surface area (Å²) in [5.41, 5.74) is -1.59. The number of aromatic nitrogens is 5. The number of piperidine rings is 1. The quantitative estimate of drug-likeness (QED) is 0.459. The van der Waals surface area contributed by atoms with Gasteiger partial charge in [0.25, 0.3) is 0 Å². The standard InChI is InChI=1S/C22H21F7N6O/c1-11-30-7-15(23)19(31-11)34-8-12-2-3-13(9-34)14(12)6-18-32-20-16(36-10-21(24,25)26)4-5-17(22(27,28)29)35(20)33-18/h4-5,7,12-14H,2-3,6,8-10H2,1H3/t12-,13+,14?. The number of halogens is 7. The lowest BCUT2D eigenvalue weighted by molar-refractivity contribution is -0.153. The predicted octanol–water partition coefficient (Wildman–Crippen LogP) is 4.63. The lowest BCUT2D eigenvalue weighted by atomic mass is 9.82. The highest BCUT2D eigenvalue weighted by Crippen LogP contribution is 2.44. The molecule has 5 rings (SSSR count). The Kier molecular flexibility index (Phi) is 5.94. The zero-order valence-corrected chi connectivity index (χ0v) is 18.9. The number of rotatable bonds is 5. The molecule has 0 amide bonds. The molecule has 3 aromatic heterocycles. The van der Waals surface area contributed by atoms with E-state index in [4.69, 9.17) is 4.74 Å². The fourth-order valence-corrected chi connectivity index (χ4v) is 5.27. The first-order valence-corrected chi connectivity index (χ1v) is 11.3. The van der Waals surface area contributed by atoms with Gasteiger partial charge in [0.1, 0.15) is 11.5 Å². The first-order chi connectivity index (χ1) is 16.9. The van der Waals surface area contributed by atoms with Gasteiger partial charge in [0, 0.05) is 19.5 Å². The molecule has 36 heavy (non-hydrogen) atoms. The molecule has 14 heteroatoms. The Labute approximate surface area is 200 Å². The Bertz CT molecular complexity index is 1260. The third-order valence-corrected chi connectivity index (χ3v) is 6.77. The Morgan fingerprint density at radius 3 is 2.36 bits per heavy atom. The van der Waals surface area contributed by atoms with E-state index in [2.05, 4.69) is 20.1 Å². The van der Waals surface area contributed by atoms with Crippen LogP contribution in [0.25, 0.3) is 5.65 Å². The van der Waals surface area contributed by atoms with Crippen molar-refractivity contribution >= 4 is 11.5 Å². The summed E-state index contributed by atoms with van der Waals surface area (Å²) in [6.07, 6.45) is -6.40. The van der Waals surface area contributed by atoms with Crippen molar-refractivity contribution in [2.75, 3.05) is 24.6 Å². The molecule has 3 atom stereocenters. The van der Waals surface area contributed by atoms with Gasteiger partial charge in [0.15, 0.2) is 35.5 Å². The molecular formula is C22H21F7N6O. The van der Waals surface area contributed by atoms with Crippen LogP contribution in [0.2, 0.25) is 0 Å². The zero-order chi connectivity index (χ0) is 25.8. The minimum absolute atomic E-state index is 0.0264. The van der Waals surface area contributed by atoms with Crippen molar-refractivity contribution in [3.05, 3.63) is 41.5 Å². The van der Waals surface area contributed by atoms with Crippen molar-refractivity contribution in [2.45, 2.75) is 38.5 Å². The van der Waals surface area contributed by atoms with E-state index < -0.39 is 41.9 Å². The van der Waals surface area contributed by atoms with Gasteiger partial charge in [-0.15, -0.1) is 0 Å². The molecule has 1 aliphatic heterocycles. The van der Waals surface area contributed by atoms with Crippen molar-refractivity contribution in [1.82, 2.24) is 24.6 Å². The summed E-state index contributed by atoms with van der Waals surface area (Å²) in [6, 6.07) is 1.44. The molecule has 1 unspecified atom stereocenters. The van der Waals surface area contributed by atoms with Gasteiger partial charge in [-0.2, -0.15) is 31.4 Å². The topological polar surface area (TPSA) is 68.4 Å². The molecule has 0 aromatic carbocycles. The monoisotopic (exact) mass is 518 g/mol. The minimum Gasteiger partial charge on any atom is -0.480 e. The minimum atomic E-state index is -4.80. The van der Waals surface area contributed by atoms with Gasteiger partial charge >= 0.3 is 12.4 Å². The van der Waals surface area contributed by atoms with Gasteiger partial charge in [-0.3, -0.25) is 0 Å². The van der Waals surface area contributed by atoms with Crippen molar-refractivity contribution in [3.63, 3.8) is 0 Å². The van der Waals surface area contributed by atoms with Gasteiger partial charge in [0.2, 0.25) is 0 Å². The molecule has 0 spiro atoms. The maximum absolute atomic E-state index is 14.3. The molecule has 2 bridgehead atoms. The molecule has 1 saturated heterocycles. The Morgan fingerprint density at radius 1 is 1.03 bits per heavy atom. The van der Waals surface area contributed by atoms with Crippen LogP contribution in [0.15, 0.2) is 18.3 Å². The number of nitrogens with zero attached hydrogens (tertiary/aromatic N) is 6. The number of alkyl halides is 6. The SMILES string of the molecule is Cc1ncc(F)c(N2C[C@H]3CC[C@@H](C2)C3Cc2nc3c(OCC(F)(F)F)ccc(C(F)(F)F)n3n2)n1. The summed E-state index contributed by atoms with van der Waals surface area (Å²) < 4.78 is 98.1. The van der Waals surface area contributed by atoms with Gasteiger partial charge in [-0.1, -0.05) is 0 Å². The Balaban J connectivity index is 1.41. The third kappa shape index (κ3) is 4.76. The number of pyridine rings is 1. The van der Waals surface area contributed by atoms with E-state index in [1.165, 1.54) is 0 Å². The van der Waals surface area contributed by atoms with E-state index in [-0.39, 0.29) is 35.8 Å². The maximum Gasteiger partial charge on any atom is 0.433 e. The van der Waals surface area contributed by atoms with E-state index in [1.807, 2.05) is 4.90 Å². The van der Waals surface area contributed by atoms with Crippen LogP contribution < -0.4 is 9.64 Å². The molecule has 7 nitrogen and oxygen atoms in total. The van der Waals surface area contributed by atoms with Gasteiger partial charge in [0.05, 0.1) is 6.20 Å². The van der Waals surface area contributed by atoms with E-state index in [0.29, 0.717) is 29.5 Å². The first-order valence-electron chi connectivity index (χ1n) is 11.3. The summed E-state index contributed by atoms with van der Waals surface area (Å²) in [4.78, 5) is 14.1. The molecule has 0 N–H and O–H groups in total. The second kappa shape index (κ2) is 8.73. The average molecular weight is 518 g/mol.